The minimum absolute atomic E-state index is 0.0347. The van der Waals surface area contributed by atoms with Gasteiger partial charge < -0.3 is 19.5 Å². The molecule has 0 radical (unpaired) electrons. The van der Waals surface area contributed by atoms with Crippen molar-refractivity contribution in [3.63, 3.8) is 0 Å². The molecule has 0 aliphatic carbocycles. The van der Waals surface area contributed by atoms with Gasteiger partial charge in [0.15, 0.2) is 11.5 Å². The fourth-order valence-electron chi connectivity index (χ4n) is 4.45. The smallest absolute Gasteiger partial charge is 0.266 e. The first-order chi connectivity index (χ1) is 21.0. The third kappa shape index (κ3) is 7.93. The molecule has 7 heteroatoms. The van der Waals surface area contributed by atoms with E-state index in [-0.39, 0.29) is 5.57 Å². The van der Waals surface area contributed by atoms with Gasteiger partial charge in [-0.3, -0.25) is 4.79 Å². The molecule has 5 aromatic carbocycles. The van der Waals surface area contributed by atoms with Gasteiger partial charge in [-0.1, -0.05) is 66.7 Å². The first-order valence-electron chi connectivity index (χ1n) is 13.8. The number of halogens is 1. The van der Waals surface area contributed by atoms with Crippen LogP contribution in [0, 0.1) is 14.9 Å². The number of hydrogen-bond donors (Lipinski definition) is 1. The Morgan fingerprint density at radius 3 is 2.28 bits per heavy atom. The van der Waals surface area contributed by atoms with Gasteiger partial charge in [-0.25, -0.2) is 0 Å². The lowest BCUT2D eigenvalue weighted by Crippen LogP contribution is -2.13. The van der Waals surface area contributed by atoms with Crippen molar-refractivity contribution in [1.82, 2.24) is 0 Å². The zero-order valence-corrected chi connectivity index (χ0v) is 25.7. The summed E-state index contributed by atoms with van der Waals surface area (Å²) < 4.78 is 18.7. The summed E-state index contributed by atoms with van der Waals surface area (Å²) >= 11 is 2.19. The summed E-state index contributed by atoms with van der Waals surface area (Å²) in [6, 6.07) is 37.0. The van der Waals surface area contributed by atoms with Gasteiger partial charge in [0, 0.05) is 5.69 Å². The van der Waals surface area contributed by atoms with Crippen LogP contribution in [0.15, 0.2) is 115 Å². The Bertz CT molecular complexity index is 1790. The van der Waals surface area contributed by atoms with Crippen molar-refractivity contribution < 1.29 is 19.0 Å². The molecule has 5 rings (SSSR count). The van der Waals surface area contributed by atoms with Crippen LogP contribution in [0.5, 0.6) is 17.2 Å². The summed E-state index contributed by atoms with van der Waals surface area (Å²) in [7, 11) is 0. The number of rotatable bonds is 11. The number of nitrogens with zero attached hydrogens (tertiary/aromatic N) is 1. The molecule has 0 unspecified atom stereocenters. The number of amides is 1. The maximum atomic E-state index is 13.0. The van der Waals surface area contributed by atoms with Gasteiger partial charge in [0.1, 0.15) is 30.6 Å². The van der Waals surface area contributed by atoms with Gasteiger partial charge in [0.2, 0.25) is 0 Å². The van der Waals surface area contributed by atoms with Crippen molar-refractivity contribution in [2.45, 2.75) is 20.1 Å². The lowest BCUT2D eigenvalue weighted by molar-refractivity contribution is -0.112. The van der Waals surface area contributed by atoms with Gasteiger partial charge in [-0.15, -0.1) is 0 Å². The zero-order chi connectivity index (χ0) is 30.0. The molecule has 0 fully saturated rings. The maximum Gasteiger partial charge on any atom is 0.266 e. The zero-order valence-electron chi connectivity index (χ0n) is 23.5. The molecule has 0 saturated heterocycles. The molecule has 214 valence electrons. The summed E-state index contributed by atoms with van der Waals surface area (Å²) in [5.74, 6) is 1.33. The van der Waals surface area contributed by atoms with Crippen LogP contribution in [0.2, 0.25) is 0 Å². The Morgan fingerprint density at radius 2 is 1.53 bits per heavy atom. The molecule has 0 heterocycles. The Balaban J connectivity index is 1.26. The second-order valence-electron chi connectivity index (χ2n) is 9.66. The number of hydrogen-bond acceptors (Lipinski definition) is 5. The van der Waals surface area contributed by atoms with E-state index in [0.29, 0.717) is 48.3 Å². The van der Waals surface area contributed by atoms with E-state index in [9.17, 15) is 10.1 Å². The number of ether oxygens (including phenoxy) is 3. The fourth-order valence-corrected chi connectivity index (χ4v) is 5.23. The molecule has 1 amide bonds. The fraction of sp³-hybridized carbons (Fsp3) is 0.111. The highest BCUT2D eigenvalue weighted by molar-refractivity contribution is 14.1. The van der Waals surface area contributed by atoms with Crippen molar-refractivity contribution in [2.24, 2.45) is 0 Å². The predicted molar refractivity (Wildman–Crippen MR) is 178 cm³/mol. The molecule has 5 aromatic rings. The Hall–Kier alpha value is -4.81. The summed E-state index contributed by atoms with van der Waals surface area (Å²) in [6.45, 7) is 3.16. The number of nitriles is 1. The third-order valence-electron chi connectivity index (χ3n) is 6.57. The molecule has 43 heavy (non-hydrogen) atoms. The topological polar surface area (TPSA) is 80.6 Å². The van der Waals surface area contributed by atoms with Crippen LogP contribution in [0.4, 0.5) is 5.69 Å². The van der Waals surface area contributed by atoms with Gasteiger partial charge in [0.25, 0.3) is 5.91 Å². The highest BCUT2D eigenvalue weighted by Gasteiger charge is 2.15. The van der Waals surface area contributed by atoms with Crippen LogP contribution in [0.25, 0.3) is 16.8 Å². The van der Waals surface area contributed by atoms with Crippen molar-refractivity contribution in [1.29, 1.82) is 5.26 Å². The predicted octanol–water partition coefficient (Wildman–Crippen LogP) is 8.55. The molecule has 1 N–H and O–H groups in total. The highest BCUT2D eigenvalue weighted by atomic mass is 127. The first-order valence-corrected chi connectivity index (χ1v) is 14.9. The van der Waals surface area contributed by atoms with E-state index in [2.05, 4.69) is 58.2 Å². The number of nitrogens with one attached hydrogen (secondary N) is 1. The molecular formula is C36H29IN2O4. The van der Waals surface area contributed by atoms with E-state index in [1.807, 2.05) is 61.5 Å². The summed E-state index contributed by atoms with van der Waals surface area (Å²) in [5.41, 5.74) is 3.28. The quantitative estimate of drug-likeness (QED) is 0.0860. The largest absolute Gasteiger partial charge is 0.490 e. The molecule has 6 nitrogen and oxygen atoms in total. The van der Waals surface area contributed by atoms with Crippen LogP contribution in [0.3, 0.4) is 0 Å². The average Bonchev–Trinajstić information content (AvgIpc) is 3.03. The summed E-state index contributed by atoms with van der Waals surface area (Å²) in [5, 5.41) is 14.9. The van der Waals surface area contributed by atoms with Crippen LogP contribution in [0.1, 0.15) is 23.6 Å². The number of carbonyl (C=O) groups is 1. The van der Waals surface area contributed by atoms with E-state index in [1.54, 1.807) is 36.4 Å². The normalized spacial score (nSPS) is 11.0. The minimum Gasteiger partial charge on any atom is -0.490 e. The Labute approximate surface area is 264 Å². The molecule has 0 saturated carbocycles. The van der Waals surface area contributed by atoms with Gasteiger partial charge in [0.05, 0.1) is 10.2 Å². The van der Waals surface area contributed by atoms with Gasteiger partial charge >= 0.3 is 0 Å². The van der Waals surface area contributed by atoms with Crippen molar-refractivity contribution >= 4 is 51.0 Å². The molecule has 0 bridgehead atoms. The first kappa shape index (κ1) is 29.7. The van der Waals surface area contributed by atoms with Crippen molar-refractivity contribution in [3.8, 4) is 23.3 Å². The molecule has 0 aliphatic heterocycles. The second-order valence-corrected chi connectivity index (χ2v) is 10.8. The van der Waals surface area contributed by atoms with E-state index >= 15 is 0 Å². The summed E-state index contributed by atoms with van der Waals surface area (Å²) in [6.07, 6.45) is 1.55. The van der Waals surface area contributed by atoms with Crippen molar-refractivity contribution in [2.75, 3.05) is 11.9 Å². The number of anilines is 1. The number of carbonyl (C=O) groups excluding carboxylic acids is 1. The Kier molecular flexibility index (Phi) is 9.93. The second kappa shape index (κ2) is 14.4. The highest BCUT2D eigenvalue weighted by Crippen LogP contribution is 2.36. The molecule has 0 aliphatic rings. The third-order valence-corrected chi connectivity index (χ3v) is 7.37. The van der Waals surface area contributed by atoms with Crippen LogP contribution < -0.4 is 19.5 Å². The number of benzene rings is 5. The Morgan fingerprint density at radius 1 is 0.814 bits per heavy atom. The lowest BCUT2D eigenvalue weighted by Gasteiger charge is -2.15. The lowest BCUT2D eigenvalue weighted by atomic mass is 10.1. The van der Waals surface area contributed by atoms with E-state index < -0.39 is 5.91 Å². The molecular weight excluding hydrogens is 651 g/mol. The van der Waals surface area contributed by atoms with E-state index in [4.69, 9.17) is 14.2 Å². The maximum absolute atomic E-state index is 13.0. The van der Waals surface area contributed by atoms with Gasteiger partial charge in [-0.2, -0.15) is 5.26 Å². The van der Waals surface area contributed by atoms with E-state index in [0.717, 1.165) is 20.1 Å². The number of fused-ring (bicyclic) bond motifs is 1. The van der Waals surface area contributed by atoms with E-state index in [1.165, 1.54) is 5.39 Å². The van der Waals surface area contributed by atoms with Crippen LogP contribution in [-0.2, 0) is 18.0 Å². The molecule has 0 aromatic heterocycles. The van der Waals surface area contributed by atoms with Crippen LogP contribution >= 0.6 is 22.6 Å². The molecule has 0 spiro atoms. The van der Waals surface area contributed by atoms with Gasteiger partial charge in [-0.05, 0) is 106 Å². The monoisotopic (exact) mass is 680 g/mol. The SMILES string of the molecule is CCOc1cc(/C=C(\C#N)C(=O)Nc2ccc(OCc3ccccc3)cc2)cc(I)c1OCc1ccc2ccccc2c1. The van der Waals surface area contributed by atoms with Crippen LogP contribution in [-0.4, -0.2) is 12.5 Å². The average molecular weight is 681 g/mol. The van der Waals surface area contributed by atoms with Crippen molar-refractivity contribution in [3.05, 3.63) is 135 Å². The minimum atomic E-state index is -0.509. The molecule has 0 atom stereocenters. The standard InChI is InChI=1S/C36H29IN2O4/c1-2-41-34-21-27(20-33(37)35(34)43-24-26-12-13-28-10-6-7-11-29(28)18-26)19-30(22-38)36(40)39-31-14-16-32(17-15-31)42-23-25-8-4-3-5-9-25/h3-21H,2,23-24H2,1H3,(H,39,40)/b30-19+. The summed E-state index contributed by atoms with van der Waals surface area (Å²) in [4.78, 5) is 13.0.